The maximum atomic E-state index is 11.5. The summed E-state index contributed by atoms with van der Waals surface area (Å²) in [6.07, 6.45) is 3.81. The van der Waals surface area contributed by atoms with Crippen LogP contribution in [0.25, 0.3) is 5.95 Å². The quantitative estimate of drug-likeness (QED) is 0.507. The van der Waals surface area contributed by atoms with Crippen molar-refractivity contribution in [2.75, 3.05) is 49.3 Å². The van der Waals surface area contributed by atoms with Gasteiger partial charge in [-0.25, -0.2) is 4.98 Å². The third-order valence-electron chi connectivity index (χ3n) is 3.69. The Hall–Kier alpha value is -2.43. The fourth-order valence-corrected chi connectivity index (χ4v) is 3.04. The Morgan fingerprint density at radius 2 is 1.96 bits per heavy atom. The van der Waals surface area contributed by atoms with Crippen LogP contribution in [0.4, 0.5) is 11.9 Å². The number of hydrogen-bond donors (Lipinski definition) is 0. The fourth-order valence-electron chi connectivity index (χ4n) is 2.44. The number of nitrogens with zero attached hydrogens (tertiary/aromatic N) is 8. The normalized spacial score (nSPS) is 13.9. The Morgan fingerprint density at radius 3 is 2.65 bits per heavy atom. The van der Waals surface area contributed by atoms with Crippen molar-refractivity contribution in [3.05, 3.63) is 6.33 Å². The first-order valence-electron chi connectivity index (χ1n) is 8.45. The van der Waals surface area contributed by atoms with E-state index >= 15 is 0 Å². The summed E-state index contributed by atoms with van der Waals surface area (Å²) in [6.45, 7) is 4.01. The van der Waals surface area contributed by atoms with E-state index in [1.54, 1.807) is 6.92 Å². The molecule has 0 N–H and O–H groups in total. The van der Waals surface area contributed by atoms with E-state index in [4.69, 9.17) is 4.74 Å². The molecular formula is C15H22N8O2S. The van der Waals surface area contributed by atoms with Crippen LogP contribution in [0.15, 0.2) is 11.5 Å². The van der Waals surface area contributed by atoms with E-state index in [0.717, 1.165) is 25.9 Å². The van der Waals surface area contributed by atoms with Gasteiger partial charge >= 0.3 is 5.97 Å². The summed E-state index contributed by atoms with van der Waals surface area (Å²) in [6, 6.07) is 0. The highest BCUT2D eigenvalue weighted by Gasteiger charge is 2.19. The van der Waals surface area contributed by atoms with Crippen LogP contribution in [0.5, 0.6) is 0 Å². The molecule has 0 amide bonds. The highest BCUT2D eigenvalue weighted by Crippen LogP contribution is 2.20. The van der Waals surface area contributed by atoms with Crippen LogP contribution in [0.2, 0.25) is 0 Å². The highest BCUT2D eigenvalue weighted by molar-refractivity contribution is 7.99. The molecule has 3 heterocycles. The molecule has 1 saturated heterocycles. The monoisotopic (exact) mass is 378 g/mol. The number of carbonyl (C=O) groups is 1. The van der Waals surface area contributed by atoms with E-state index < -0.39 is 0 Å². The predicted octanol–water partition coefficient (Wildman–Crippen LogP) is 0.774. The third kappa shape index (κ3) is 4.40. The van der Waals surface area contributed by atoms with Crippen molar-refractivity contribution in [3.63, 3.8) is 0 Å². The summed E-state index contributed by atoms with van der Waals surface area (Å²) in [5.74, 6) is 1.48. The Balaban J connectivity index is 1.80. The van der Waals surface area contributed by atoms with Gasteiger partial charge in [0.05, 0.1) is 12.4 Å². The van der Waals surface area contributed by atoms with Crippen LogP contribution in [0.3, 0.4) is 0 Å². The SMILES string of the molecule is CCOC(=O)CSc1ncn(-c2nc(N(C)C)nc(N3CCCC3)n2)n1. The van der Waals surface area contributed by atoms with E-state index in [0.29, 0.717) is 29.6 Å². The van der Waals surface area contributed by atoms with Crippen molar-refractivity contribution < 1.29 is 9.53 Å². The molecule has 0 spiro atoms. The maximum Gasteiger partial charge on any atom is 0.316 e. The van der Waals surface area contributed by atoms with Crippen molar-refractivity contribution >= 4 is 29.6 Å². The number of rotatable bonds is 7. The largest absolute Gasteiger partial charge is 0.465 e. The molecule has 3 rings (SSSR count). The van der Waals surface area contributed by atoms with Gasteiger partial charge in [-0.1, -0.05) is 11.8 Å². The molecule has 0 unspecified atom stereocenters. The molecule has 1 aliphatic heterocycles. The van der Waals surface area contributed by atoms with Crippen molar-refractivity contribution in [2.24, 2.45) is 0 Å². The van der Waals surface area contributed by atoms with E-state index in [1.807, 2.05) is 19.0 Å². The summed E-state index contributed by atoms with van der Waals surface area (Å²) in [5, 5.41) is 4.82. The fraction of sp³-hybridized carbons (Fsp3) is 0.600. The lowest BCUT2D eigenvalue weighted by Gasteiger charge is -2.18. The average Bonchev–Trinajstić information content (AvgIpc) is 3.32. The molecule has 1 fully saturated rings. The second-order valence-corrected chi connectivity index (χ2v) is 6.83. The topological polar surface area (TPSA) is 102 Å². The minimum absolute atomic E-state index is 0.164. The zero-order valence-corrected chi connectivity index (χ0v) is 15.9. The molecule has 0 aliphatic carbocycles. The van der Waals surface area contributed by atoms with Crippen LogP contribution in [0, 0.1) is 0 Å². The Bertz CT molecular complexity index is 760. The molecule has 26 heavy (non-hydrogen) atoms. The van der Waals surface area contributed by atoms with Crippen molar-refractivity contribution in [2.45, 2.75) is 24.9 Å². The molecule has 140 valence electrons. The second-order valence-electron chi connectivity index (χ2n) is 5.89. The first kappa shape index (κ1) is 18.4. The molecule has 2 aromatic heterocycles. The van der Waals surface area contributed by atoms with Crippen LogP contribution < -0.4 is 9.80 Å². The number of thioether (sulfide) groups is 1. The van der Waals surface area contributed by atoms with Gasteiger partial charge in [0.2, 0.25) is 17.1 Å². The standard InChI is InChI=1S/C15H22N8O2S/c1-4-25-11(24)9-26-15-16-10-23(20-15)14-18-12(21(2)3)17-13(19-14)22-7-5-6-8-22/h10H,4-9H2,1-3H3. The molecular weight excluding hydrogens is 356 g/mol. The maximum absolute atomic E-state index is 11.5. The van der Waals surface area contributed by atoms with Gasteiger partial charge in [-0.3, -0.25) is 4.79 Å². The van der Waals surface area contributed by atoms with Crippen LogP contribution in [0.1, 0.15) is 19.8 Å². The lowest BCUT2D eigenvalue weighted by atomic mass is 10.4. The highest BCUT2D eigenvalue weighted by atomic mass is 32.2. The van der Waals surface area contributed by atoms with Gasteiger partial charge in [0.1, 0.15) is 6.33 Å². The Morgan fingerprint density at radius 1 is 1.23 bits per heavy atom. The number of aromatic nitrogens is 6. The van der Waals surface area contributed by atoms with E-state index in [2.05, 4.69) is 29.9 Å². The van der Waals surface area contributed by atoms with Gasteiger partial charge in [-0.15, -0.1) is 5.10 Å². The van der Waals surface area contributed by atoms with Gasteiger partial charge in [0.15, 0.2) is 0 Å². The van der Waals surface area contributed by atoms with Gasteiger partial charge < -0.3 is 14.5 Å². The van der Waals surface area contributed by atoms with Crippen LogP contribution in [-0.2, 0) is 9.53 Å². The molecule has 11 heteroatoms. The van der Waals surface area contributed by atoms with Crippen LogP contribution in [-0.4, -0.2) is 75.2 Å². The van der Waals surface area contributed by atoms with Crippen molar-refractivity contribution in [1.82, 2.24) is 29.7 Å². The first-order valence-corrected chi connectivity index (χ1v) is 9.44. The van der Waals surface area contributed by atoms with Crippen molar-refractivity contribution in [1.29, 1.82) is 0 Å². The average molecular weight is 378 g/mol. The lowest BCUT2D eigenvalue weighted by Crippen LogP contribution is -2.24. The van der Waals surface area contributed by atoms with Gasteiger partial charge in [-0.05, 0) is 19.8 Å². The molecule has 0 saturated carbocycles. The van der Waals surface area contributed by atoms with Crippen LogP contribution >= 0.6 is 11.8 Å². The van der Waals surface area contributed by atoms with Gasteiger partial charge in [0, 0.05) is 27.2 Å². The number of anilines is 2. The number of ether oxygens (including phenoxy) is 1. The van der Waals surface area contributed by atoms with Crippen molar-refractivity contribution in [3.8, 4) is 5.95 Å². The Labute approximate surface area is 156 Å². The summed E-state index contributed by atoms with van der Waals surface area (Å²) in [5.41, 5.74) is 0. The molecule has 10 nitrogen and oxygen atoms in total. The van der Waals surface area contributed by atoms with E-state index in [-0.39, 0.29) is 11.7 Å². The minimum atomic E-state index is -0.291. The second kappa shape index (κ2) is 8.30. The molecule has 0 radical (unpaired) electrons. The molecule has 2 aromatic rings. The van der Waals surface area contributed by atoms with Gasteiger partial charge in [-0.2, -0.15) is 19.6 Å². The minimum Gasteiger partial charge on any atom is -0.465 e. The molecule has 1 aliphatic rings. The number of carbonyl (C=O) groups excluding carboxylic acids is 1. The summed E-state index contributed by atoms with van der Waals surface area (Å²) in [7, 11) is 3.77. The van der Waals surface area contributed by atoms with Gasteiger partial charge in [0.25, 0.3) is 5.95 Å². The summed E-state index contributed by atoms with van der Waals surface area (Å²) in [4.78, 5) is 33.2. The summed E-state index contributed by atoms with van der Waals surface area (Å²) < 4.78 is 6.41. The zero-order valence-electron chi connectivity index (χ0n) is 15.1. The van der Waals surface area contributed by atoms with E-state index in [1.165, 1.54) is 22.8 Å². The summed E-state index contributed by atoms with van der Waals surface area (Å²) >= 11 is 1.21. The molecule has 0 atom stereocenters. The number of esters is 1. The molecule has 0 bridgehead atoms. The molecule has 0 aromatic carbocycles. The third-order valence-corrected chi connectivity index (χ3v) is 4.51. The number of hydrogen-bond acceptors (Lipinski definition) is 10. The first-order chi connectivity index (χ1) is 12.6. The zero-order chi connectivity index (χ0) is 18.5. The smallest absolute Gasteiger partial charge is 0.316 e. The van der Waals surface area contributed by atoms with E-state index in [9.17, 15) is 4.79 Å². The predicted molar refractivity (Wildman–Crippen MR) is 97.9 cm³/mol. The Kier molecular flexibility index (Phi) is 5.86. The lowest BCUT2D eigenvalue weighted by molar-refractivity contribution is -0.139.